The van der Waals surface area contributed by atoms with Crippen LogP contribution >= 0.6 is 11.6 Å². The van der Waals surface area contributed by atoms with E-state index in [1.165, 1.54) is 0 Å². The summed E-state index contributed by atoms with van der Waals surface area (Å²) in [5, 5.41) is 9.93. The average molecular weight is 332 g/mol. The lowest BCUT2D eigenvalue weighted by atomic mass is 10.1. The normalized spacial score (nSPS) is 15.6. The largest absolute Gasteiger partial charge is 0.478 e. The zero-order chi connectivity index (χ0) is 16.2. The van der Waals surface area contributed by atoms with E-state index in [2.05, 4.69) is 14.8 Å². The number of carboxylic acids is 1. The second-order valence-electron chi connectivity index (χ2n) is 5.53. The van der Waals surface area contributed by atoms with Crippen LogP contribution < -0.4 is 4.90 Å². The van der Waals surface area contributed by atoms with E-state index in [9.17, 15) is 9.90 Å². The first-order valence-electron chi connectivity index (χ1n) is 7.54. The van der Waals surface area contributed by atoms with Gasteiger partial charge in [0.2, 0.25) is 0 Å². The van der Waals surface area contributed by atoms with Crippen molar-refractivity contribution in [1.82, 2.24) is 9.88 Å². The quantitative estimate of drug-likeness (QED) is 0.933. The van der Waals surface area contributed by atoms with Crippen LogP contribution in [0.4, 0.5) is 5.82 Å². The maximum atomic E-state index is 11.3. The summed E-state index contributed by atoms with van der Waals surface area (Å²) in [5.41, 5.74) is 1.23. The Bertz CT molecular complexity index is 700. The summed E-state index contributed by atoms with van der Waals surface area (Å²) in [6.07, 6.45) is 1.75. The average Bonchev–Trinajstić information content (AvgIpc) is 2.56. The number of benzene rings is 1. The van der Waals surface area contributed by atoms with E-state index in [0.29, 0.717) is 17.1 Å². The second kappa shape index (κ2) is 6.98. The molecule has 0 aliphatic carbocycles. The number of carbonyl (C=O) groups is 1. The molecular weight excluding hydrogens is 314 g/mol. The zero-order valence-electron chi connectivity index (χ0n) is 12.7. The van der Waals surface area contributed by atoms with E-state index in [-0.39, 0.29) is 0 Å². The van der Waals surface area contributed by atoms with Gasteiger partial charge in [0, 0.05) is 38.9 Å². The lowest BCUT2D eigenvalue weighted by molar-refractivity contribution is 0.0694. The molecule has 120 valence electrons. The fourth-order valence-electron chi connectivity index (χ4n) is 2.84. The molecule has 0 spiro atoms. The highest BCUT2D eigenvalue weighted by atomic mass is 35.5. The number of piperazine rings is 1. The van der Waals surface area contributed by atoms with Gasteiger partial charge in [-0.15, -0.1) is 0 Å². The Kier molecular flexibility index (Phi) is 4.79. The Morgan fingerprint density at radius 3 is 2.57 bits per heavy atom. The van der Waals surface area contributed by atoms with Gasteiger partial charge >= 0.3 is 5.97 Å². The molecule has 1 aromatic heterocycles. The number of rotatable bonds is 4. The Hall–Kier alpha value is -2.11. The first kappa shape index (κ1) is 15.8. The number of hydrogen-bond donors (Lipinski definition) is 1. The van der Waals surface area contributed by atoms with Gasteiger partial charge in [-0.2, -0.15) is 0 Å². The van der Waals surface area contributed by atoms with Crippen molar-refractivity contribution in [3.8, 4) is 0 Å². The van der Waals surface area contributed by atoms with E-state index in [1.807, 2.05) is 24.3 Å². The molecule has 1 N–H and O–H groups in total. The lowest BCUT2D eigenvalue weighted by Crippen LogP contribution is -2.46. The molecule has 0 bridgehead atoms. The molecule has 0 saturated carbocycles. The van der Waals surface area contributed by atoms with Gasteiger partial charge in [-0.05, 0) is 23.8 Å². The van der Waals surface area contributed by atoms with Crippen LogP contribution in [0.25, 0.3) is 0 Å². The number of anilines is 1. The fourth-order valence-corrected chi connectivity index (χ4v) is 3.08. The van der Waals surface area contributed by atoms with Crippen LogP contribution in [0.15, 0.2) is 42.6 Å². The summed E-state index contributed by atoms with van der Waals surface area (Å²) >= 11 is 6.20. The van der Waals surface area contributed by atoms with Crippen LogP contribution in [-0.4, -0.2) is 47.1 Å². The van der Waals surface area contributed by atoms with Crippen LogP contribution in [0.3, 0.4) is 0 Å². The molecule has 1 aliphatic rings. The van der Waals surface area contributed by atoms with Crippen molar-refractivity contribution in [2.24, 2.45) is 0 Å². The van der Waals surface area contributed by atoms with Crippen molar-refractivity contribution in [2.75, 3.05) is 31.1 Å². The van der Waals surface area contributed by atoms with E-state index in [4.69, 9.17) is 11.6 Å². The number of carboxylic acid groups (broad SMARTS) is 1. The van der Waals surface area contributed by atoms with Gasteiger partial charge in [-0.3, -0.25) is 4.90 Å². The highest BCUT2D eigenvalue weighted by Gasteiger charge is 2.21. The summed E-state index contributed by atoms with van der Waals surface area (Å²) in [7, 11) is 0. The number of nitrogens with zero attached hydrogens (tertiary/aromatic N) is 3. The van der Waals surface area contributed by atoms with Crippen molar-refractivity contribution in [1.29, 1.82) is 0 Å². The Labute approximate surface area is 140 Å². The van der Waals surface area contributed by atoms with Crippen molar-refractivity contribution in [2.45, 2.75) is 6.54 Å². The summed E-state index contributed by atoms with van der Waals surface area (Å²) in [5.74, 6) is -0.0562. The van der Waals surface area contributed by atoms with Gasteiger partial charge in [-0.25, -0.2) is 9.78 Å². The molecule has 6 heteroatoms. The van der Waals surface area contributed by atoms with E-state index in [0.717, 1.165) is 37.6 Å². The summed E-state index contributed by atoms with van der Waals surface area (Å²) in [6.45, 7) is 3.99. The SMILES string of the molecule is O=C(O)c1ccccc1CN1CCN(c2ncccc2Cl)CC1. The first-order valence-corrected chi connectivity index (χ1v) is 7.92. The Morgan fingerprint density at radius 2 is 1.87 bits per heavy atom. The zero-order valence-corrected chi connectivity index (χ0v) is 13.4. The van der Waals surface area contributed by atoms with E-state index < -0.39 is 5.97 Å². The van der Waals surface area contributed by atoms with E-state index >= 15 is 0 Å². The standard InChI is InChI=1S/C17H18ClN3O2/c18-15-6-3-7-19-16(15)21-10-8-20(9-11-21)12-13-4-1-2-5-14(13)17(22)23/h1-7H,8-12H2,(H,22,23). The second-order valence-corrected chi connectivity index (χ2v) is 5.94. The van der Waals surface area contributed by atoms with Gasteiger partial charge in [-0.1, -0.05) is 29.8 Å². The molecular formula is C17H18ClN3O2. The Morgan fingerprint density at radius 1 is 1.13 bits per heavy atom. The Balaban J connectivity index is 1.64. The van der Waals surface area contributed by atoms with Crippen LogP contribution in [0, 0.1) is 0 Å². The minimum atomic E-state index is -0.875. The minimum absolute atomic E-state index is 0.378. The van der Waals surface area contributed by atoms with Crippen LogP contribution in [0.2, 0.25) is 5.02 Å². The highest BCUT2D eigenvalue weighted by molar-refractivity contribution is 6.32. The van der Waals surface area contributed by atoms with Gasteiger partial charge < -0.3 is 10.0 Å². The maximum Gasteiger partial charge on any atom is 0.336 e. The molecule has 2 aromatic rings. The lowest BCUT2D eigenvalue weighted by Gasteiger charge is -2.35. The van der Waals surface area contributed by atoms with Crippen LogP contribution in [0.1, 0.15) is 15.9 Å². The molecule has 0 amide bonds. The van der Waals surface area contributed by atoms with Crippen molar-refractivity contribution in [3.63, 3.8) is 0 Å². The smallest absolute Gasteiger partial charge is 0.336 e. The predicted molar refractivity (Wildman–Crippen MR) is 90.1 cm³/mol. The molecule has 23 heavy (non-hydrogen) atoms. The molecule has 1 fully saturated rings. The summed E-state index contributed by atoms with van der Waals surface area (Å²) < 4.78 is 0. The molecule has 0 radical (unpaired) electrons. The molecule has 1 saturated heterocycles. The van der Waals surface area contributed by atoms with Gasteiger partial charge in [0.05, 0.1) is 10.6 Å². The molecule has 3 rings (SSSR count). The molecule has 2 heterocycles. The van der Waals surface area contributed by atoms with E-state index in [1.54, 1.807) is 18.3 Å². The molecule has 0 atom stereocenters. The first-order chi connectivity index (χ1) is 11.1. The molecule has 1 aromatic carbocycles. The molecule has 5 nitrogen and oxygen atoms in total. The molecule has 0 unspecified atom stereocenters. The summed E-state index contributed by atoms with van der Waals surface area (Å²) in [6, 6.07) is 10.8. The van der Waals surface area contributed by atoms with Crippen LogP contribution in [-0.2, 0) is 6.54 Å². The third-order valence-corrected chi connectivity index (χ3v) is 4.35. The van der Waals surface area contributed by atoms with Crippen molar-refractivity contribution in [3.05, 3.63) is 58.7 Å². The minimum Gasteiger partial charge on any atom is -0.478 e. The molecule has 1 aliphatic heterocycles. The monoisotopic (exact) mass is 331 g/mol. The number of halogens is 1. The topological polar surface area (TPSA) is 56.7 Å². The fraction of sp³-hybridized carbons (Fsp3) is 0.294. The predicted octanol–water partition coefficient (Wildman–Crippen LogP) is 2.76. The summed E-state index contributed by atoms with van der Waals surface area (Å²) in [4.78, 5) is 20.1. The third kappa shape index (κ3) is 3.63. The maximum absolute atomic E-state index is 11.3. The number of pyridine rings is 1. The number of aromatic nitrogens is 1. The number of hydrogen-bond acceptors (Lipinski definition) is 4. The van der Waals surface area contributed by atoms with Crippen molar-refractivity contribution < 1.29 is 9.90 Å². The van der Waals surface area contributed by atoms with Gasteiger partial charge in [0.15, 0.2) is 0 Å². The van der Waals surface area contributed by atoms with Gasteiger partial charge in [0.25, 0.3) is 0 Å². The highest BCUT2D eigenvalue weighted by Crippen LogP contribution is 2.23. The van der Waals surface area contributed by atoms with Gasteiger partial charge in [0.1, 0.15) is 5.82 Å². The number of aromatic carboxylic acids is 1. The van der Waals surface area contributed by atoms with Crippen LogP contribution in [0.5, 0.6) is 0 Å². The third-order valence-electron chi connectivity index (χ3n) is 4.05. The van der Waals surface area contributed by atoms with Crippen molar-refractivity contribution >= 4 is 23.4 Å².